The van der Waals surface area contributed by atoms with E-state index in [9.17, 15) is 4.39 Å². The third-order valence-electron chi connectivity index (χ3n) is 2.81. The van der Waals surface area contributed by atoms with Crippen molar-refractivity contribution < 1.29 is 4.39 Å². The van der Waals surface area contributed by atoms with Gasteiger partial charge in [0.25, 0.3) is 0 Å². The molecule has 0 bridgehead atoms. The van der Waals surface area contributed by atoms with Crippen LogP contribution in [0.4, 0.5) is 4.39 Å². The van der Waals surface area contributed by atoms with E-state index in [1.807, 2.05) is 0 Å². The maximum atomic E-state index is 13.1. The van der Waals surface area contributed by atoms with Crippen molar-refractivity contribution in [2.75, 3.05) is 0 Å². The van der Waals surface area contributed by atoms with Crippen molar-refractivity contribution in [3.05, 3.63) is 0 Å². The molecule has 2 heteroatoms. The van der Waals surface area contributed by atoms with Crippen LogP contribution in [0, 0.1) is 11.8 Å². The summed E-state index contributed by atoms with van der Waals surface area (Å²) in [5, 5.41) is 0. The third-order valence-corrected chi connectivity index (χ3v) is 2.81. The number of rotatable bonds is 1. The molecular weight excluding hydrogens is 141 g/mol. The van der Waals surface area contributed by atoms with Crippen LogP contribution in [0.25, 0.3) is 0 Å². The monoisotopic (exact) mass is 159 g/mol. The van der Waals surface area contributed by atoms with Crippen LogP contribution in [0.3, 0.4) is 0 Å². The molecule has 0 amide bonds. The Kier molecular flexibility index (Phi) is 2.88. The topological polar surface area (TPSA) is 26.0 Å². The molecule has 2 N–H and O–H groups in total. The highest BCUT2D eigenvalue weighted by Crippen LogP contribution is 2.30. The normalized spacial score (nSPS) is 39.5. The fourth-order valence-electron chi connectivity index (χ4n) is 1.77. The fraction of sp³-hybridized carbons (Fsp3) is 1.00. The number of alkyl halides is 1. The molecule has 0 aliphatic heterocycles. The van der Waals surface area contributed by atoms with Gasteiger partial charge in [-0.1, -0.05) is 13.8 Å². The van der Waals surface area contributed by atoms with Crippen LogP contribution in [0.15, 0.2) is 0 Å². The Morgan fingerprint density at radius 3 is 2.45 bits per heavy atom. The molecule has 1 fully saturated rings. The van der Waals surface area contributed by atoms with E-state index in [2.05, 4.69) is 13.8 Å². The van der Waals surface area contributed by atoms with Crippen molar-refractivity contribution in [3.63, 3.8) is 0 Å². The predicted molar refractivity (Wildman–Crippen MR) is 45.1 cm³/mol. The van der Waals surface area contributed by atoms with Crippen molar-refractivity contribution in [3.8, 4) is 0 Å². The van der Waals surface area contributed by atoms with Crippen molar-refractivity contribution in [2.45, 2.75) is 45.3 Å². The van der Waals surface area contributed by atoms with Crippen LogP contribution in [-0.4, -0.2) is 12.2 Å². The smallest absolute Gasteiger partial charge is 0.115 e. The molecule has 0 aromatic heterocycles. The summed E-state index contributed by atoms with van der Waals surface area (Å²) in [5.41, 5.74) is 5.57. The minimum Gasteiger partial charge on any atom is -0.325 e. The van der Waals surface area contributed by atoms with Gasteiger partial charge in [0.1, 0.15) is 6.17 Å². The Bertz CT molecular complexity index is 125. The molecule has 0 aromatic carbocycles. The van der Waals surface area contributed by atoms with Gasteiger partial charge in [0, 0.05) is 6.04 Å². The van der Waals surface area contributed by atoms with E-state index in [0.717, 1.165) is 12.8 Å². The van der Waals surface area contributed by atoms with Gasteiger partial charge in [-0.25, -0.2) is 4.39 Å². The lowest BCUT2D eigenvalue weighted by molar-refractivity contribution is 0.144. The van der Waals surface area contributed by atoms with E-state index >= 15 is 0 Å². The molecule has 0 spiro atoms. The molecule has 0 heterocycles. The van der Waals surface area contributed by atoms with Crippen LogP contribution in [0.2, 0.25) is 0 Å². The number of halogens is 1. The fourth-order valence-corrected chi connectivity index (χ4v) is 1.77. The summed E-state index contributed by atoms with van der Waals surface area (Å²) in [5.74, 6) is 1.17. The zero-order valence-electron chi connectivity index (χ0n) is 7.39. The number of nitrogens with two attached hydrogens (primary N) is 1. The maximum absolute atomic E-state index is 13.1. The highest BCUT2D eigenvalue weighted by atomic mass is 19.1. The lowest BCUT2D eigenvalue weighted by Crippen LogP contribution is -2.38. The molecule has 1 unspecified atom stereocenters. The van der Waals surface area contributed by atoms with Gasteiger partial charge >= 0.3 is 0 Å². The van der Waals surface area contributed by atoms with Gasteiger partial charge < -0.3 is 5.73 Å². The molecule has 66 valence electrons. The first-order valence-electron chi connectivity index (χ1n) is 4.51. The minimum atomic E-state index is -0.754. The summed E-state index contributed by atoms with van der Waals surface area (Å²) in [6.45, 7) is 4.32. The van der Waals surface area contributed by atoms with E-state index in [1.165, 1.54) is 0 Å². The van der Waals surface area contributed by atoms with Crippen LogP contribution in [0.1, 0.15) is 33.1 Å². The highest BCUT2D eigenvalue weighted by Gasteiger charge is 2.29. The Morgan fingerprint density at radius 2 is 2.00 bits per heavy atom. The maximum Gasteiger partial charge on any atom is 0.115 e. The molecule has 1 saturated carbocycles. The molecule has 11 heavy (non-hydrogen) atoms. The van der Waals surface area contributed by atoms with Gasteiger partial charge in [-0.3, -0.25) is 0 Å². The van der Waals surface area contributed by atoms with Gasteiger partial charge in [-0.05, 0) is 31.1 Å². The van der Waals surface area contributed by atoms with Gasteiger partial charge in [-0.15, -0.1) is 0 Å². The minimum absolute atomic E-state index is 0.190. The molecule has 1 aliphatic rings. The third kappa shape index (κ3) is 2.16. The second-order valence-electron chi connectivity index (χ2n) is 4.00. The summed E-state index contributed by atoms with van der Waals surface area (Å²) in [7, 11) is 0. The Hall–Kier alpha value is -0.110. The van der Waals surface area contributed by atoms with Crippen LogP contribution >= 0.6 is 0 Å². The zero-order chi connectivity index (χ0) is 8.43. The SMILES string of the molecule is CC(C)C1CC[C@H](N)[C@@H](F)C1. The first-order chi connectivity index (χ1) is 5.11. The second kappa shape index (κ2) is 3.53. The number of hydrogen-bond acceptors (Lipinski definition) is 1. The van der Waals surface area contributed by atoms with Crippen molar-refractivity contribution in [1.82, 2.24) is 0 Å². The molecule has 1 aliphatic carbocycles. The first kappa shape index (κ1) is 8.98. The first-order valence-corrected chi connectivity index (χ1v) is 4.51. The molecule has 1 rings (SSSR count). The molecular formula is C9H18FN. The second-order valence-corrected chi connectivity index (χ2v) is 4.00. The molecule has 3 atom stereocenters. The van der Waals surface area contributed by atoms with Crippen LogP contribution < -0.4 is 5.73 Å². The summed E-state index contributed by atoms with van der Waals surface area (Å²) >= 11 is 0. The summed E-state index contributed by atoms with van der Waals surface area (Å²) in [6.07, 6.45) is 1.90. The van der Waals surface area contributed by atoms with Crippen molar-refractivity contribution in [1.29, 1.82) is 0 Å². The van der Waals surface area contributed by atoms with Gasteiger partial charge in [0.2, 0.25) is 0 Å². The zero-order valence-corrected chi connectivity index (χ0v) is 7.39. The average molecular weight is 159 g/mol. The van der Waals surface area contributed by atoms with Crippen LogP contribution in [-0.2, 0) is 0 Å². The van der Waals surface area contributed by atoms with Crippen molar-refractivity contribution >= 4 is 0 Å². The van der Waals surface area contributed by atoms with Crippen molar-refractivity contribution in [2.24, 2.45) is 17.6 Å². The average Bonchev–Trinajstić information content (AvgIpc) is 1.94. The van der Waals surface area contributed by atoms with E-state index in [-0.39, 0.29) is 6.04 Å². The van der Waals surface area contributed by atoms with E-state index in [1.54, 1.807) is 0 Å². The van der Waals surface area contributed by atoms with E-state index in [4.69, 9.17) is 5.73 Å². The van der Waals surface area contributed by atoms with E-state index in [0.29, 0.717) is 18.3 Å². The predicted octanol–water partition coefficient (Wildman–Crippen LogP) is 2.11. The highest BCUT2D eigenvalue weighted by molar-refractivity contribution is 4.83. The lowest BCUT2D eigenvalue weighted by Gasteiger charge is -2.31. The molecule has 0 radical (unpaired) electrons. The largest absolute Gasteiger partial charge is 0.325 e. The summed E-state index contributed by atoms with van der Waals surface area (Å²) in [4.78, 5) is 0. The van der Waals surface area contributed by atoms with Gasteiger partial charge in [0.15, 0.2) is 0 Å². The van der Waals surface area contributed by atoms with E-state index < -0.39 is 6.17 Å². The Balaban J connectivity index is 2.40. The Labute approximate surface area is 68.2 Å². The molecule has 1 nitrogen and oxygen atoms in total. The summed E-state index contributed by atoms with van der Waals surface area (Å²) < 4.78 is 13.1. The van der Waals surface area contributed by atoms with Gasteiger partial charge in [0.05, 0.1) is 0 Å². The Morgan fingerprint density at radius 1 is 1.36 bits per heavy atom. The lowest BCUT2D eigenvalue weighted by atomic mass is 9.79. The van der Waals surface area contributed by atoms with Gasteiger partial charge in [-0.2, -0.15) is 0 Å². The number of hydrogen-bond donors (Lipinski definition) is 1. The molecule has 0 aromatic rings. The van der Waals surface area contributed by atoms with Crippen LogP contribution in [0.5, 0.6) is 0 Å². The summed E-state index contributed by atoms with van der Waals surface area (Å²) in [6, 6.07) is -0.190. The standard InChI is InChI=1S/C9H18FN/c1-6(2)7-3-4-9(11)8(10)5-7/h6-9H,3-5,11H2,1-2H3/t7?,8-,9-/m0/s1. The quantitative estimate of drug-likeness (QED) is 0.623. The molecule has 0 saturated heterocycles.